The second-order valence-corrected chi connectivity index (χ2v) is 5.41. The molecule has 0 amide bonds. The standard InChI is InChI=1S/C16H17ClFN/c1-10-5-11(2)7-12(6-10)8-16(19)14-4-3-13(17)9-15(14)18/h3-7,9,16H,8,19H2,1-2H3. The van der Waals surface area contributed by atoms with Crippen LogP contribution in [0.25, 0.3) is 0 Å². The van der Waals surface area contributed by atoms with Gasteiger partial charge in [-0.3, -0.25) is 0 Å². The van der Waals surface area contributed by atoms with Crippen LogP contribution in [0.5, 0.6) is 0 Å². The summed E-state index contributed by atoms with van der Waals surface area (Å²) in [6.45, 7) is 4.09. The van der Waals surface area contributed by atoms with Crippen molar-refractivity contribution >= 4 is 11.6 Å². The van der Waals surface area contributed by atoms with Crippen LogP contribution in [-0.4, -0.2) is 0 Å². The molecule has 0 fully saturated rings. The first-order valence-electron chi connectivity index (χ1n) is 6.23. The zero-order valence-corrected chi connectivity index (χ0v) is 11.8. The van der Waals surface area contributed by atoms with Gasteiger partial charge < -0.3 is 5.73 Å². The number of rotatable bonds is 3. The van der Waals surface area contributed by atoms with E-state index in [2.05, 4.69) is 18.2 Å². The summed E-state index contributed by atoms with van der Waals surface area (Å²) in [7, 11) is 0. The quantitative estimate of drug-likeness (QED) is 0.887. The van der Waals surface area contributed by atoms with E-state index < -0.39 is 0 Å². The van der Waals surface area contributed by atoms with Gasteiger partial charge in [0.1, 0.15) is 5.82 Å². The van der Waals surface area contributed by atoms with Gasteiger partial charge in [0.2, 0.25) is 0 Å². The highest BCUT2D eigenvalue weighted by atomic mass is 35.5. The maximum Gasteiger partial charge on any atom is 0.129 e. The van der Waals surface area contributed by atoms with Gasteiger partial charge in [-0.2, -0.15) is 0 Å². The molecule has 2 N–H and O–H groups in total. The molecule has 1 unspecified atom stereocenters. The fourth-order valence-corrected chi connectivity index (χ4v) is 2.51. The molecule has 2 aromatic rings. The molecule has 19 heavy (non-hydrogen) atoms. The third kappa shape index (κ3) is 3.55. The SMILES string of the molecule is Cc1cc(C)cc(CC(N)c2ccc(Cl)cc2F)c1. The zero-order chi connectivity index (χ0) is 14.0. The Morgan fingerprint density at radius 1 is 1.11 bits per heavy atom. The highest BCUT2D eigenvalue weighted by Crippen LogP contribution is 2.23. The molecule has 0 heterocycles. The Balaban J connectivity index is 2.22. The maximum atomic E-state index is 13.8. The van der Waals surface area contributed by atoms with Crippen molar-refractivity contribution in [2.24, 2.45) is 5.73 Å². The van der Waals surface area contributed by atoms with E-state index in [-0.39, 0.29) is 11.9 Å². The zero-order valence-electron chi connectivity index (χ0n) is 11.1. The van der Waals surface area contributed by atoms with E-state index in [4.69, 9.17) is 17.3 Å². The van der Waals surface area contributed by atoms with Crippen LogP contribution in [0.4, 0.5) is 4.39 Å². The predicted molar refractivity (Wildman–Crippen MR) is 78.0 cm³/mol. The first-order valence-corrected chi connectivity index (χ1v) is 6.61. The lowest BCUT2D eigenvalue weighted by Crippen LogP contribution is -2.15. The number of benzene rings is 2. The van der Waals surface area contributed by atoms with Crippen molar-refractivity contribution < 1.29 is 4.39 Å². The van der Waals surface area contributed by atoms with Crippen molar-refractivity contribution in [1.29, 1.82) is 0 Å². The van der Waals surface area contributed by atoms with Gasteiger partial charge in [-0.05, 0) is 38.0 Å². The van der Waals surface area contributed by atoms with Gasteiger partial charge in [-0.15, -0.1) is 0 Å². The fourth-order valence-electron chi connectivity index (χ4n) is 2.35. The van der Waals surface area contributed by atoms with E-state index in [0.717, 1.165) is 5.56 Å². The summed E-state index contributed by atoms with van der Waals surface area (Å²) in [5, 5.41) is 0.389. The minimum Gasteiger partial charge on any atom is -0.324 e. The number of aryl methyl sites for hydroxylation is 2. The Morgan fingerprint density at radius 2 is 1.74 bits per heavy atom. The highest BCUT2D eigenvalue weighted by Gasteiger charge is 2.12. The Kier molecular flexibility index (Phi) is 4.23. The summed E-state index contributed by atoms with van der Waals surface area (Å²) in [4.78, 5) is 0. The molecule has 0 aliphatic rings. The maximum absolute atomic E-state index is 13.8. The van der Waals surface area contributed by atoms with Crippen LogP contribution in [0.3, 0.4) is 0 Å². The second kappa shape index (κ2) is 5.72. The minimum absolute atomic E-state index is 0.343. The Morgan fingerprint density at radius 3 is 2.32 bits per heavy atom. The monoisotopic (exact) mass is 277 g/mol. The van der Waals surface area contributed by atoms with Gasteiger partial charge in [0.15, 0.2) is 0 Å². The Bertz CT molecular complexity index is 575. The second-order valence-electron chi connectivity index (χ2n) is 4.97. The molecule has 0 aromatic heterocycles. The van der Waals surface area contributed by atoms with Gasteiger partial charge in [-0.25, -0.2) is 4.39 Å². The topological polar surface area (TPSA) is 26.0 Å². The first-order chi connectivity index (χ1) is 8.95. The molecule has 0 saturated heterocycles. The number of hydrogen-bond donors (Lipinski definition) is 1. The molecule has 2 rings (SSSR count). The van der Waals surface area contributed by atoms with Crippen molar-refractivity contribution in [3.63, 3.8) is 0 Å². The average Bonchev–Trinajstić information content (AvgIpc) is 2.26. The first kappa shape index (κ1) is 14.0. The summed E-state index contributed by atoms with van der Waals surface area (Å²) >= 11 is 5.74. The minimum atomic E-state index is -0.363. The van der Waals surface area contributed by atoms with Crippen LogP contribution in [0.1, 0.15) is 28.3 Å². The molecule has 1 atom stereocenters. The van der Waals surface area contributed by atoms with E-state index in [0.29, 0.717) is 17.0 Å². The predicted octanol–water partition coefficient (Wildman–Crippen LogP) is 4.34. The van der Waals surface area contributed by atoms with Crippen molar-refractivity contribution in [3.05, 3.63) is 69.5 Å². The molecule has 0 aliphatic heterocycles. The average molecular weight is 278 g/mol. The molecule has 0 radical (unpaired) electrons. The molecule has 0 aliphatic carbocycles. The number of halogens is 2. The van der Waals surface area contributed by atoms with Gasteiger partial charge in [0, 0.05) is 16.6 Å². The molecule has 100 valence electrons. The summed E-state index contributed by atoms with van der Waals surface area (Å²) < 4.78 is 13.8. The normalized spacial score (nSPS) is 12.5. The van der Waals surface area contributed by atoms with E-state index in [9.17, 15) is 4.39 Å². The van der Waals surface area contributed by atoms with Gasteiger partial charge >= 0.3 is 0 Å². The number of nitrogens with two attached hydrogens (primary N) is 1. The van der Waals surface area contributed by atoms with E-state index >= 15 is 0 Å². The van der Waals surface area contributed by atoms with Crippen LogP contribution in [0.2, 0.25) is 5.02 Å². The van der Waals surface area contributed by atoms with Crippen LogP contribution in [0.15, 0.2) is 36.4 Å². The van der Waals surface area contributed by atoms with Crippen LogP contribution in [0, 0.1) is 19.7 Å². The molecule has 0 saturated carbocycles. The molecule has 3 heteroatoms. The molecule has 1 nitrogen and oxygen atoms in total. The lowest BCUT2D eigenvalue weighted by Gasteiger charge is -2.14. The molecule has 0 spiro atoms. The molecule has 0 bridgehead atoms. The van der Waals surface area contributed by atoms with E-state index in [1.165, 1.54) is 17.2 Å². The summed E-state index contributed by atoms with van der Waals surface area (Å²) in [5.74, 6) is -0.343. The van der Waals surface area contributed by atoms with Gasteiger partial charge in [0.05, 0.1) is 0 Å². The van der Waals surface area contributed by atoms with Crippen molar-refractivity contribution in [3.8, 4) is 0 Å². The van der Waals surface area contributed by atoms with Gasteiger partial charge in [0.25, 0.3) is 0 Å². The van der Waals surface area contributed by atoms with Crippen LogP contribution in [-0.2, 0) is 6.42 Å². The number of hydrogen-bond acceptors (Lipinski definition) is 1. The lowest BCUT2D eigenvalue weighted by molar-refractivity contribution is 0.580. The lowest BCUT2D eigenvalue weighted by atomic mass is 9.97. The van der Waals surface area contributed by atoms with Crippen molar-refractivity contribution in [2.75, 3.05) is 0 Å². The van der Waals surface area contributed by atoms with Crippen LogP contribution < -0.4 is 5.73 Å². The summed E-state index contributed by atoms with van der Waals surface area (Å²) in [6.07, 6.45) is 0.612. The van der Waals surface area contributed by atoms with E-state index in [1.54, 1.807) is 12.1 Å². The Hall–Kier alpha value is -1.38. The van der Waals surface area contributed by atoms with Crippen molar-refractivity contribution in [1.82, 2.24) is 0 Å². The molecular weight excluding hydrogens is 261 g/mol. The molecular formula is C16H17ClFN. The third-order valence-corrected chi connectivity index (χ3v) is 3.33. The summed E-state index contributed by atoms with van der Waals surface area (Å²) in [6, 6.07) is 10.5. The summed E-state index contributed by atoms with van der Waals surface area (Å²) in [5.41, 5.74) is 10.1. The highest BCUT2D eigenvalue weighted by molar-refractivity contribution is 6.30. The van der Waals surface area contributed by atoms with Crippen LogP contribution >= 0.6 is 11.6 Å². The fraction of sp³-hybridized carbons (Fsp3) is 0.250. The van der Waals surface area contributed by atoms with Crippen molar-refractivity contribution in [2.45, 2.75) is 26.3 Å². The third-order valence-electron chi connectivity index (χ3n) is 3.10. The smallest absolute Gasteiger partial charge is 0.129 e. The Labute approximate surface area is 118 Å². The largest absolute Gasteiger partial charge is 0.324 e. The molecule has 2 aromatic carbocycles. The van der Waals surface area contributed by atoms with E-state index in [1.807, 2.05) is 13.8 Å². The van der Waals surface area contributed by atoms with Gasteiger partial charge in [-0.1, -0.05) is 47.0 Å².